The van der Waals surface area contributed by atoms with E-state index < -0.39 is 5.79 Å². The van der Waals surface area contributed by atoms with Gasteiger partial charge in [0.05, 0.1) is 32.1 Å². The highest BCUT2D eigenvalue weighted by Gasteiger charge is 2.61. The first-order valence-electron chi connectivity index (χ1n) is 10.5. The summed E-state index contributed by atoms with van der Waals surface area (Å²) < 4.78 is 18.3. The first-order valence-corrected chi connectivity index (χ1v) is 10.5. The molecule has 6 heteroatoms. The van der Waals surface area contributed by atoms with Crippen LogP contribution < -0.4 is 9.80 Å². The van der Waals surface area contributed by atoms with Gasteiger partial charge in [-0.2, -0.15) is 0 Å². The standard InChI is InChI=1S/C22H26N2O4/c25-20-22(27-13-21(14-28-22)12-16-5-6-17(21)11-16)18-3-1-2-4-19(18)24(20)15-23-7-9-26-10-8-23/h1-6,16-17H,7-15H2/p+1/t16-,17+,21?,22?/m1/s1. The van der Waals surface area contributed by atoms with Crippen molar-refractivity contribution in [2.45, 2.75) is 18.6 Å². The molecule has 3 aliphatic heterocycles. The van der Waals surface area contributed by atoms with Crippen LogP contribution in [-0.2, 0) is 24.8 Å². The summed E-state index contributed by atoms with van der Waals surface area (Å²) in [6.45, 7) is 5.14. The number of nitrogens with zero attached hydrogens (tertiary/aromatic N) is 1. The zero-order valence-corrected chi connectivity index (χ0v) is 16.1. The molecule has 2 spiro atoms. The molecule has 1 N–H and O–H groups in total. The molecule has 0 aromatic heterocycles. The third-order valence-electron chi connectivity index (χ3n) is 7.41. The Morgan fingerprint density at radius 2 is 1.89 bits per heavy atom. The number of ether oxygens (including phenoxy) is 3. The van der Waals surface area contributed by atoms with E-state index in [1.165, 1.54) is 11.3 Å². The number of para-hydroxylation sites is 1. The number of fused-ring (bicyclic) bond motifs is 5. The van der Waals surface area contributed by atoms with Gasteiger partial charge in [-0.3, -0.25) is 9.69 Å². The highest BCUT2D eigenvalue weighted by Crippen LogP contribution is 2.57. The molecule has 6 rings (SSSR count). The quantitative estimate of drug-likeness (QED) is 0.764. The van der Waals surface area contributed by atoms with Gasteiger partial charge in [0.2, 0.25) is 0 Å². The molecule has 1 aromatic rings. The van der Waals surface area contributed by atoms with Gasteiger partial charge in [-0.15, -0.1) is 0 Å². The molecule has 6 nitrogen and oxygen atoms in total. The molecule has 28 heavy (non-hydrogen) atoms. The van der Waals surface area contributed by atoms with Crippen molar-refractivity contribution in [1.82, 2.24) is 0 Å². The van der Waals surface area contributed by atoms with Crippen LogP contribution in [0.2, 0.25) is 0 Å². The molecular weight excluding hydrogens is 356 g/mol. The number of rotatable bonds is 2. The molecule has 0 radical (unpaired) electrons. The van der Waals surface area contributed by atoms with Crippen molar-refractivity contribution < 1.29 is 23.9 Å². The van der Waals surface area contributed by atoms with E-state index in [0.29, 0.717) is 31.7 Å². The first-order chi connectivity index (χ1) is 13.7. The summed E-state index contributed by atoms with van der Waals surface area (Å²) in [6, 6.07) is 7.95. The number of nitrogens with one attached hydrogen (secondary N) is 1. The second-order valence-corrected chi connectivity index (χ2v) is 9.02. The number of hydrogen-bond acceptors (Lipinski definition) is 4. The maximum atomic E-state index is 13.6. The normalized spacial score (nSPS) is 39.4. The van der Waals surface area contributed by atoms with Crippen LogP contribution in [0.3, 0.4) is 0 Å². The third-order valence-corrected chi connectivity index (χ3v) is 7.41. The maximum absolute atomic E-state index is 13.6. The lowest BCUT2D eigenvalue weighted by atomic mass is 9.76. The molecular formula is C22H27N2O4+. The molecule has 2 atom stereocenters. The fourth-order valence-electron chi connectivity index (χ4n) is 5.83. The van der Waals surface area contributed by atoms with Crippen LogP contribution in [0.15, 0.2) is 36.4 Å². The van der Waals surface area contributed by atoms with E-state index in [0.717, 1.165) is 44.0 Å². The topological polar surface area (TPSA) is 52.4 Å². The average molecular weight is 383 g/mol. The van der Waals surface area contributed by atoms with Crippen molar-refractivity contribution in [3.05, 3.63) is 42.0 Å². The largest absolute Gasteiger partial charge is 0.370 e. The summed E-state index contributed by atoms with van der Waals surface area (Å²) in [5, 5.41) is 0. The molecule has 2 aliphatic carbocycles. The Kier molecular flexibility index (Phi) is 3.76. The van der Waals surface area contributed by atoms with Crippen molar-refractivity contribution in [3.63, 3.8) is 0 Å². The van der Waals surface area contributed by atoms with Crippen LogP contribution in [0.4, 0.5) is 5.69 Å². The van der Waals surface area contributed by atoms with Gasteiger partial charge in [0.1, 0.15) is 13.1 Å². The van der Waals surface area contributed by atoms with Crippen molar-refractivity contribution in [3.8, 4) is 0 Å². The van der Waals surface area contributed by atoms with Crippen molar-refractivity contribution in [1.29, 1.82) is 0 Å². The van der Waals surface area contributed by atoms with Crippen LogP contribution in [-0.4, -0.2) is 52.1 Å². The Morgan fingerprint density at radius 3 is 2.61 bits per heavy atom. The van der Waals surface area contributed by atoms with E-state index >= 15 is 0 Å². The molecule has 5 aliphatic rings. The number of allylic oxidation sites excluding steroid dienone is 2. The first kappa shape index (κ1) is 17.2. The van der Waals surface area contributed by atoms with Crippen molar-refractivity contribution in [2.24, 2.45) is 17.3 Å². The van der Waals surface area contributed by atoms with E-state index in [1.54, 1.807) is 0 Å². The Hall–Kier alpha value is -1.73. The van der Waals surface area contributed by atoms with E-state index in [9.17, 15) is 4.79 Å². The molecule has 0 unspecified atom stereocenters. The fourth-order valence-corrected chi connectivity index (χ4v) is 5.83. The molecule has 148 valence electrons. The molecule has 1 saturated carbocycles. The summed E-state index contributed by atoms with van der Waals surface area (Å²) in [4.78, 5) is 16.8. The summed E-state index contributed by atoms with van der Waals surface area (Å²) in [7, 11) is 0. The smallest absolute Gasteiger partial charge is 0.296 e. The Bertz CT molecular complexity index is 824. The number of quaternary nitrogens is 1. The van der Waals surface area contributed by atoms with Crippen molar-refractivity contribution in [2.75, 3.05) is 51.1 Å². The molecule has 2 bridgehead atoms. The second kappa shape index (κ2) is 6.13. The Labute approximate surface area is 165 Å². The van der Waals surface area contributed by atoms with Crippen LogP contribution in [0.1, 0.15) is 18.4 Å². The predicted octanol–water partition coefficient (Wildman–Crippen LogP) is 0.688. The number of benzene rings is 1. The lowest BCUT2D eigenvalue weighted by Crippen LogP contribution is -3.15. The summed E-state index contributed by atoms with van der Waals surface area (Å²) in [5.74, 6) is -0.157. The molecule has 3 heterocycles. The highest BCUT2D eigenvalue weighted by atomic mass is 16.7. The Morgan fingerprint density at radius 1 is 1.11 bits per heavy atom. The van der Waals surface area contributed by atoms with E-state index in [2.05, 4.69) is 12.2 Å². The minimum Gasteiger partial charge on any atom is -0.370 e. The van der Waals surface area contributed by atoms with Gasteiger partial charge >= 0.3 is 0 Å². The number of morpholine rings is 1. The SMILES string of the molecule is O=C1N(C[NH+]2CCOCC2)c2ccccc2C12OCC1(CO2)C[C@@H]2C=C[C@H]1C2. The zero-order valence-electron chi connectivity index (χ0n) is 16.1. The second-order valence-electron chi connectivity index (χ2n) is 9.02. The average Bonchev–Trinajstić information content (AvgIpc) is 3.40. The van der Waals surface area contributed by atoms with E-state index in [1.807, 2.05) is 29.2 Å². The number of hydrogen-bond donors (Lipinski definition) is 1. The number of carbonyl (C=O) groups is 1. The van der Waals surface area contributed by atoms with Gasteiger partial charge in [-0.05, 0) is 30.7 Å². The lowest BCUT2D eigenvalue weighted by Gasteiger charge is -2.45. The van der Waals surface area contributed by atoms with Gasteiger partial charge in [0, 0.05) is 11.0 Å². The highest BCUT2D eigenvalue weighted by molar-refractivity contribution is 6.05. The van der Waals surface area contributed by atoms with Gasteiger partial charge in [-0.1, -0.05) is 30.4 Å². The van der Waals surface area contributed by atoms with Gasteiger partial charge < -0.3 is 19.1 Å². The minimum atomic E-state index is -1.26. The lowest BCUT2D eigenvalue weighted by molar-refractivity contribution is -0.906. The van der Waals surface area contributed by atoms with Crippen LogP contribution in [0, 0.1) is 17.3 Å². The van der Waals surface area contributed by atoms with Gasteiger partial charge in [0.15, 0.2) is 6.67 Å². The summed E-state index contributed by atoms with van der Waals surface area (Å²) in [6.07, 6.45) is 6.99. The number of carbonyl (C=O) groups excluding carboxylic acids is 1. The third kappa shape index (κ3) is 2.32. The maximum Gasteiger partial charge on any atom is 0.296 e. The minimum absolute atomic E-state index is 0.0444. The predicted molar refractivity (Wildman–Crippen MR) is 102 cm³/mol. The molecule has 2 saturated heterocycles. The monoisotopic (exact) mass is 383 g/mol. The van der Waals surface area contributed by atoms with Crippen LogP contribution in [0.5, 0.6) is 0 Å². The van der Waals surface area contributed by atoms with E-state index in [4.69, 9.17) is 14.2 Å². The summed E-state index contributed by atoms with van der Waals surface area (Å²) in [5.41, 5.74) is 1.83. The van der Waals surface area contributed by atoms with Crippen molar-refractivity contribution >= 4 is 11.6 Å². The van der Waals surface area contributed by atoms with Crippen LogP contribution in [0.25, 0.3) is 0 Å². The number of anilines is 1. The Balaban J connectivity index is 1.29. The summed E-state index contributed by atoms with van der Waals surface area (Å²) >= 11 is 0. The van der Waals surface area contributed by atoms with Gasteiger partial charge in [0.25, 0.3) is 11.7 Å². The van der Waals surface area contributed by atoms with Crippen LogP contribution >= 0.6 is 0 Å². The van der Waals surface area contributed by atoms with E-state index in [-0.39, 0.29) is 11.3 Å². The zero-order chi connectivity index (χ0) is 18.8. The fraction of sp³-hybridized carbons (Fsp3) is 0.591. The molecule has 1 amide bonds. The molecule has 1 aromatic carbocycles. The molecule has 3 fully saturated rings. The van der Waals surface area contributed by atoms with Gasteiger partial charge in [-0.25, -0.2) is 0 Å². The number of amides is 1.